The van der Waals surface area contributed by atoms with Crippen LogP contribution < -0.4 is 10.6 Å². The molecule has 142 valence electrons. The van der Waals surface area contributed by atoms with Crippen molar-refractivity contribution in [1.29, 1.82) is 0 Å². The molecule has 0 saturated heterocycles. The fourth-order valence-electron chi connectivity index (χ4n) is 2.12. The minimum absolute atomic E-state index is 0. The second-order valence-corrected chi connectivity index (χ2v) is 5.78. The van der Waals surface area contributed by atoms with Crippen LogP contribution in [-0.4, -0.2) is 17.0 Å². The Labute approximate surface area is 163 Å². The number of benzene rings is 1. The molecule has 0 radical (unpaired) electrons. The van der Waals surface area contributed by atoms with E-state index in [1.807, 2.05) is 32.0 Å². The fourth-order valence-corrected chi connectivity index (χ4v) is 2.40. The number of hydrogen-bond acceptors (Lipinski definition) is 2. The Balaban J connectivity index is -0.000000141. The van der Waals surface area contributed by atoms with Gasteiger partial charge in [0.2, 0.25) is 0 Å². The molecular weight excluding hydrogens is 332 g/mol. The van der Waals surface area contributed by atoms with Crippen molar-refractivity contribution in [3.8, 4) is 0 Å². The molecule has 4 heteroatoms. The highest BCUT2D eigenvalue weighted by atomic mass is 32.1. The van der Waals surface area contributed by atoms with Crippen molar-refractivity contribution in [2.75, 3.05) is 0 Å². The average molecular weight is 373 g/mol. The van der Waals surface area contributed by atoms with Gasteiger partial charge in [0.1, 0.15) is 0 Å². The van der Waals surface area contributed by atoms with Crippen molar-refractivity contribution >= 4 is 35.4 Å². The number of rotatable bonds is 5. The van der Waals surface area contributed by atoms with Gasteiger partial charge in [-0.1, -0.05) is 108 Å². The zero-order valence-corrected chi connectivity index (χ0v) is 17.5. The maximum atomic E-state index is 4.70. The Kier molecular flexibility index (Phi) is 23.1. The lowest BCUT2D eigenvalue weighted by molar-refractivity contribution is 0.417. The summed E-state index contributed by atoms with van der Waals surface area (Å²) in [7, 11) is 0. The van der Waals surface area contributed by atoms with E-state index in [0.717, 1.165) is 6.54 Å². The monoisotopic (exact) mass is 372 g/mol. The minimum atomic E-state index is 0. The Morgan fingerprint density at radius 3 is 2.00 bits per heavy atom. The van der Waals surface area contributed by atoms with Gasteiger partial charge in [0, 0.05) is 15.4 Å². The first kappa shape index (κ1) is 25.2. The third-order valence-corrected chi connectivity index (χ3v) is 3.44. The van der Waals surface area contributed by atoms with Gasteiger partial charge in [-0.05, 0) is 18.4 Å². The van der Waals surface area contributed by atoms with E-state index in [0.29, 0.717) is 6.04 Å². The summed E-state index contributed by atoms with van der Waals surface area (Å²) in [4.78, 5) is 0. The van der Waals surface area contributed by atoms with E-state index in [1.54, 1.807) is 5.49 Å². The first-order valence-electron chi connectivity index (χ1n) is 9.19. The summed E-state index contributed by atoms with van der Waals surface area (Å²) in [5, 5.41) is 6.13. The van der Waals surface area contributed by atoms with Crippen molar-refractivity contribution in [1.82, 2.24) is 10.6 Å². The molecule has 24 heavy (non-hydrogen) atoms. The van der Waals surface area contributed by atoms with Crippen molar-refractivity contribution in [2.45, 2.75) is 78.8 Å². The second-order valence-electron chi connectivity index (χ2n) is 5.31. The molecule has 2 N–H and O–H groups in total. The number of hydrogen-bond donors (Lipinski definition) is 2. The molecule has 1 saturated carbocycles. The van der Waals surface area contributed by atoms with Gasteiger partial charge in [-0.3, -0.25) is 0 Å². The highest BCUT2D eigenvalue weighted by Crippen LogP contribution is 2.16. The zero-order chi connectivity index (χ0) is 18.5. The van der Waals surface area contributed by atoms with Crippen molar-refractivity contribution in [2.24, 2.45) is 0 Å². The zero-order valence-electron chi connectivity index (χ0n) is 15.9. The van der Waals surface area contributed by atoms with Crippen LogP contribution in [0.15, 0.2) is 30.3 Å². The molecule has 1 aromatic carbocycles. The first-order chi connectivity index (χ1) is 11.8. The van der Waals surface area contributed by atoms with E-state index < -0.39 is 0 Å². The lowest BCUT2D eigenvalue weighted by atomic mass is 9.96. The lowest BCUT2D eigenvalue weighted by Gasteiger charge is -2.20. The lowest BCUT2D eigenvalue weighted by Crippen LogP contribution is -2.28. The van der Waals surface area contributed by atoms with Gasteiger partial charge < -0.3 is 10.6 Å². The molecule has 0 amide bonds. The summed E-state index contributed by atoms with van der Waals surface area (Å²) in [5.41, 5.74) is 4.44. The quantitative estimate of drug-likeness (QED) is 0.573. The van der Waals surface area contributed by atoms with E-state index in [-0.39, 0.29) is 2.85 Å². The standard InChI is InChI=1S/C8H9NS.C7H13NS.C3H8.C2H6.2H2/c10-7-9-6-8-4-2-1-3-5-8;9-6-8-7-4-2-1-3-5-7;1-3-2;1-2;;/h1-5,7H,6H2,(H,9,10);6-7H,1-5H2,(H,8,9);3H2,1-2H3;1-2H3;2*1H. The molecule has 1 aliphatic rings. The number of thiocarbonyl (C=S) groups is 2. The largest absolute Gasteiger partial charge is 0.379 e. The smallest absolute Gasteiger partial charge is 0.0617 e. The van der Waals surface area contributed by atoms with Crippen LogP contribution in [0.5, 0.6) is 0 Å². The van der Waals surface area contributed by atoms with Crippen LogP contribution in [0.4, 0.5) is 0 Å². The summed E-state index contributed by atoms with van der Waals surface area (Å²) < 4.78 is 0. The molecule has 1 aliphatic carbocycles. The summed E-state index contributed by atoms with van der Waals surface area (Å²) >= 11 is 9.31. The highest BCUT2D eigenvalue weighted by Gasteiger charge is 2.10. The van der Waals surface area contributed by atoms with E-state index in [2.05, 4.69) is 48.8 Å². The maximum Gasteiger partial charge on any atom is 0.0617 e. The van der Waals surface area contributed by atoms with Crippen LogP contribution in [0.25, 0.3) is 0 Å². The Morgan fingerprint density at radius 1 is 1.00 bits per heavy atom. The van der Waals surface area contributed by atoms with Gasteiger partial charge in [0.05, 0.1) is 11.0 Å². The summed E-state index contributed by atoms with van der Waals surface area (Å²) in [6.45, 7) is 9.07. The average Bonchev–Trinajstić information content (AvgIpc) is 2.65. The molecule has 0 bridgehead atoms. The Hall–Kier alpha value is -1.00. The van der Waals surface area contributed by atoms with E-state index in [1.165, 1.54) is 49.6 Å². The van der Waals surface area contributed by atoms with Crippen LogP contribution in [-0.2, 0) is 6.54 Å². The molecule has 0 atom stereocenters. The minimum Gasteiger partial charge on any atom is -0.379 e. The van der Waals surface area contributed by atoms with Gasteiger partial charge in [-0.2, -0.15) is 0 Å². The van der Waals surface area contributed by atoms with E-state index >= 15 is 0 Å². The fraction of sp³-hybridized carbons (Fsp3) is 0.600. The van der Waals surface area contributed by atoms with Crippen LogP contribution in [0.2, 0.25) is 0 Å². The molecule has 0 aromatic heterocycles. The predicted octanol–water partition coefficient (Wildman–Crippen LogP) is 6.53. The summed E-state index contributed by atoms with van der Waals surface area (Å²) in [6.07, 6.45) is 8.04. The molecule has 0 aliphatic heterocycles. The molecule has 2 nitrogen and oxygen atoms in total. The van der Waals surface area contributed by atoms with Gasteiger partial charge in [0.15, 0.2) is 0 Å². The number of nitrogens with one attached hydrogen (secondary N) is 2. The maximum absolute atomic E-state index is 4.70. The first-order valence-corrected chi connectivity index (χ1v) is 10.1. The molecule has 0 spiro atoms. The molecule has 0 heterocycles. The van der Waals surface area contributed by atoms with Crippen molar-refractivity contribution < 1.29 is 2.85 Å². The van der Waals surface area contributed by atoms with Crippen molar-refractivity contribution in [3.63, 3.8) is 0 Å². The van der Waals surface area contributed by atoms with Crippen LogP contribution >= 0.6 is 24.4 Å². The Morgan fingerprint density at radius 2 is 1.54 bits per heavy atom. The van der Waals surface area contributed by atoms with Gasteiger partial charge in [-0.25, -0.2) is 0 Å². The highest BCUT2D eigenvalue weighted by molar-refractivity contribution is 7.79. The second kappa shape index (κ2) is 22.0. The predicted molar refractivity (Wildman–Crippen MR) is 122 cm³/mol. The van der Waals surface area contributed by atoms with Gasteiger partial charge in [0.25, 0.3) is 0 Å². The normalized spacial score (nSPS) is 12.7. The molecule has 1 aromatic rings. The summed E-state index contributed by atoms with van der Waals surface area (Å²) in [6, 6.07) is 10.8. The SMILES string of the molecule is CC.CCC.S=CNC1CCCCC1.S=CNCc1ccccc1.[HH].[HH]. The van der Waals surface area contributed by atoms with Gasteiger partial charge >= 0.3 is 0 Å². The molecule has 2 rings (SSSR count). The third kappa shape index (κ3) is 17.4. The molecule has 0 unspecified atom stereocenters. The van der Waals surface area contributed by atoms with Crippen LogP contribution in [0, 0.1) is 0 Å². The summed E-state index contributed by atoms with van der Waals surface area (Å²) in [5.74, 6) is 0. The topological polar surface area (TPSA) is 24.1 Å². The van der Waals surface area contributed by atoms with Crippen molar-refractivity contribution in [3.05, 3.63) is 35.9 Å². The Bertz CT molecular complexity index is 373. The van der Waals surface area contributed by atoms with E-state index in [4.69, 9.17) is 12.2 Å². The molecule has 1 fully saturated rings. The van der Waals surface area contributed by atoms with Gasteiger partial charge in [-0.15, -0.1) is 0 Å². The van der Waals surface area contributed by atoms with E-state index in [9.17, 15) is 0 Å². The third-order valence-electron chi connectivity index (χ3n) is 3.14. The van der Waals surface area contributed by atoms with Crippen LogP contribution in [0.3, 0.4) is 0 Å². The molecular formula is C20H40N2S2. The van der Waals surface area contributed by atoms with Crippen LogP contribution in [0.1, 0.15) is 74.6 Å².